The van der Waals surface area contributed by atoms with Crippen molar-refractivity contribution < 1.29 is 4.74 Å². The lowest BCUT2D eigenvalue weighted by molar-refractivity contribution is 0.482. The van der Waals surface area contributed by atoms with Crippen molar-refractivity contribution >= 4 is 0 Å². The van der Waals surface area contributed by atoms with Gasteiger partial charge in [-0.1, -0.05) is 38.1 Å². The highest BCUT2D eigenvalue weighted by atomic mass is 16.5. The Kier molecular flexibility index (Phi) is 4.58. The van der Waals surface area contributed by atoms with Crippen LogP contribution < -0.4 is 10.5 Å². The molecule has 0 fully saturated rings. The number of hydrogen-bond acceptors (Lipinski definition) is 2. The molecule has 2 N–H and O–H groups in total. The average Bonchev–Trinajstić information content (AvgIpc) is 2.48. The van der Waals surface area contributed by atoms with Crippen LogP contribution in [-0.4, -0.2) is 0 Å². The van der Waals surface area contributed by atoms with Gasteiger partial charge in [-0.25, -0.2) is 0 Å². The Morgan fingerprint density at radius 2 is 1.42 bits per heavy atom. The quantitative estimate of drug-likeness (QED) is 0.856. The topological polar surface area (TPSA) is 35.2 Å². The van der Waals surface area contributed by atoms with Crippen LogP contribution in [0.2, 0.25) is 0 Å². The number of rotatable bonds is 5. The van der Waals surface area contributed by atoms with Gasteiger partial charge in [0.15, 0.2) is 0 Å². The molecular formula is C17H21NO. The molecule has 0 saturated carbocycles. The predicted molar refractivity (Wildman–Crippen MR) is 79.6 cm³/mol. The molecule has 2 aromatic carbocycles. The van der Waals surface area contributed by atoms with Gasteiger partial charge < -0.3 is 10.5 Å². The summed E-state index contributed by atoms with van der Waals surface area (Å²) in [6, 6.07) is 16.3. The van der Waals surface area contributed by atoms with Gasteiger partial charge in [-0.2, -0.15) is 0 Å². The summed E-state index contributed by atoms with van der Waals surface area (Å²) in [5.41, 5.74) is 8.45. The van der Waals surface area contributed by atoms with E-state index in [0.717, 1.165) is 29.9 Å². The molecule has 0 aliphatic heterocycles. The van der Waals surface area contributed by atoms with E-state index in [2.05, 4.69) is 26.0 Å². The number of ether oxygens (including phenoxy) is 1. The third-order valence-electron chi connectivity index (χ3n) is 3.32. The van der Waals surface area contributed by atoms with Crippen LogP contribution >= 0.6 is 0 Å². The molecule has 0 bridgehead atoms. The minimum atomic E-state index is 0.109. The van der Waals surface area contributed by atoms with E-state index in [4.69, 9.17) is 10.5 Å². The third-order valence-corrected chi connectivity index (χ3v) is 3.32. The number of hydrogen-bond donors (Lipinski definition) is 1. The minimum absolute atomic E-state index is 0.109. The summed E-state index contributed by atoms with van der Waals surface area (Å²) in [6.45, 7) is 4.23. The molecule has 0 amide bonds. The SMILES string of the molecule is CCc1ccc(Oc2ccc(C(N)CC)cc2)cc1. The van der Waals surface area contributed by atoms with E-state index in [9.17, 15) is 0 Å². The molecule has 19 heavy (non-hydrogen) atoms. The monoisotopic (exact) mass is 255 g/mol. The van der Waals surface area contributed by atoms with E-state index < -0.39 is 0 Å². The average molecular weight is 255 g/mol. The van der Waals surface area contributed by atoms with Gasteiger partial charge in [0.25, 0.3) is 0 Å². The second-order valence-corrected chi connectivity index (χ2v) is 4.68. The van der Waals surface area contributed by atoms with Gasteiger partial charge in [-0.05, 0) is 48.2 Å². The summed E-state index contributed by atoms with van der Waals surface area (Å²) in [6.07, 6.45) is 1.99. The van der Waals surface area contributed by atoms with Crippen LogP contribution in [0.5, 0.6) is 11.5 Å². The van der Waals surface area contributed by atoms with Gasteiger partial charge in [0.05, 0.1) is 0 Å². The molecule has 0 aromatic heterocycles. The second-order valence-electron chi connectivity index (χ2n) is 4.68. The highest BCUT2D eigenvalue weighted by Crippen LogP contribution is 2.24. The van der Waals surface area contributed by atoms with Crippen LogP contribution in [0.1, 0.15) is 37.4 Å². The summed E-state index contributed by atoms with van der Waals surface area (Å²) in [5, 5.41) is 0. The smallest absolute Gasteiger partial charge is 0.127 e. The van der Waals surface area contributed by atoms with Gasteiger partial charge in [-0.15, -0.1) is 0 Å². The van der Waals surface area contributed by atoms with Gasteiger partial charge in [0.2, 0.25) is 0 Å². The van der Waals surface area contributed by atoms with E-state index in [1.165, 1.54) is 5.56 Å². The molecule has 0 aliphatic rings. The first-order valence-corrected chi connectivity index (χ1v) is 6.85. The van der Waals surface area contributed by atoms with Crippen molar-refractivity contribution in [3.63, 3.8) is 0 Å². The lowest BCUT2D eigenvalue weighted by Crippen LogP contribution is -2.07. The summed E-state index contributed by atoms with van der Waals surface area (Å²) < 4.78 is 5.81. The van der Waals surface area contributed by atoms with Crippen molar-refractivity contribution in [2.45, 2.75) is 32.7 Å². The second kappa shape index (κ2) is 6.39. The summed E-state index contributed by atoms with van der Waals surface area (Å²) >= 11 is 0. The van der Waals surface area contributed by atoms with Crippen LogP contribution in [0.25, 0.3) is 0 Å². The molecule has 2 nitrogen and oxygen atoms in total. The molecule has 100 valence electrons. The summed E-state index contributed by atoms with van der Waals surface area (Å²) in [4.78, 5) is 0. The maximum Gasteiger partial charge on any atom is 0.127 e. The molecule has 2 heteroatoms. The molecule has 0 heterocycles. The molecule has 0 spiro atoms. The Balaban J connectivity index is 2.06. The Morgan fingerprint density at radius 3 is 1.89 bits per heavy atom. The fraction of sp³-hybridized carbons (Fsp3) is 0.294. The highest BCUT2D eigenvalue weighted by molar-refractivity contribution is 5.35. The first-order valence-electron chi connectivity index (χ1n) is 6.85. The zero-order chi connectivity index (χ0) is 13.7. The van der Waals surface area contributed by atoms with Crippen LogP contribution in [-0.2, 0) is 6.42 Å². The zero-order valence-corrected chi connectivity index (χ0v) is 11.6. The standard InChI is InChI=1S/C17H21NO/c1-3-13-5-9-15(10-6-13)19-16-11-7-14(8-12-16)17(18)4-2/h5-12,17H,3-4,18H2,1-2H3. The lowest BCUT2D eigenvalue weighted by atomic mass is 10.1. The normalized spacial score (nSPS) is 12.2. The largest absolute Gasteiger partial charge is 0.457 e. The first-order chi connectivity index (χ1) is 9.22. The van der Waals surface area contributed by atoms with E-state index >= 15 is 0 Å². The Labute approximate surface area is 115 Å². The van der Waals surface area contributed by atoms with Gasteiger partial charge in [0.1, 0.15) is 11.5 Å². The van der Waals surface area contributed by atoms with Crippen molar-refractivity contribution in [3.05, 3.63) is 59.7 Å². The van der Waals surface area contributed by atoms with Gasteiger partial charge in [-0.3, -0.25) is 0 Å². The predicted octanol–water partition coefficient (Wildman–Crippen LogP) is 4.45. The Morgan fingerprint density at radius 1 is 0.895 bits per heavy atom. The highest BCUT2D eigenvalue weighted by Gasteiger charge is 2.03. The van der Waals surface area contributed by atoms with E-state index in [0.29, 0.717) is 0 Å². The lowest BCUT2D eigenvalue weighted by Gasteiger charge is -2.11. The van der Waals surface area contributed by atoms with Crippen molar-refractivity contribution in [3.8, 4) is 11.5 Å². The molecule has 1 atom stereocenters. The fourth-order valence-electron chi connectivity index (χ4n) is 1.95. The molecule has 2 aromatic rings. The first kappa shape index (κ1) is 13.6. The molecular weight excluding hydrogens is 234 g/mol. The van der Waals surface area contributed by atoms with E-state index in [-0.39, 0.29) is 6.04 Å². The van der Waals surface area contributed by atoms with Crippen molar-refractivity contribution in [2.24, 2.45) is 5.73 Å². The Bertz CT molecular complexity index is 502. The van der Waals surface area contributed by atoms with Gasteiger partial charge in [0, 0.05) is 6.04 Å². The molecule has 0 saturated heterocycles. The van der Waals surface area contributed by atoms with Crippen LogP contribution in [0.3, 0.4) is 0 Å². The maximum atomic E-state index is 5.99. The van der Waals surface area contributed by atoms with Crippen LogP contribution in [0.15, 0.2) is 48.5 Å². The fourth-order valence-corrected chi connectivity index (χ4v) is 1.95. The van der Waals surface area contributed by atoms with Crippen molar-refractivity contribution in [1.29, 1.82) is 0 Å². The minimum Gasteiger partial charge on any atom is -0.457 e. The summed E-state index contributed by atoms with van der Waals surface area (Å²) in [5.74, 6) is 1.71. The number of nitrogens with two attached hydrogens (primary N) is 1. The number of aryl methyl sites for hydroxylation is 1. The van der Waals surface area contributed by atoms with E-state index in [1.54, 1.807) is 0 Å². The van der Waals surface area contributed by atoms with Crippen molar-refractivity contribution in [1.82, 2.24) is 0 Å². The van der Waals surface area contributed by atoms with Crippen molar-refractivity contribution in [2.75, 3.05) is 0 Å². The van der Waals surface area contributed by atoms with Crippen LogP contribution in [0, 0.1) is 0 Å². The van der Waals surface area contributed by atoms with Gasteiger partial charge >= 0.3 is 0 Å². The molecule has 2 rings (SSSR count). The zero-order valence-electron chi connectivity index (χ0n) is 11.6. The molecule has 0 aliphatic carbocycles. The molecule has 0 radical (unpaired) electrons. The third kappa shape index (κ3) is 3.58. The summed E-state index contributed by atoms with van der Waals surface area (Å²) in [7, 11) is 0. The molecule has 1 unspecified atom stereocenters. The maximum absolute atomic E-state index is 5.99. The van der Waals surface area contributed by atoms with Crippen LogP contribution in [0.4, 0.5) is 0 Å². The number of benzene rings is 2. The van der Waals surface area contributed by atoms with E-state index in [1.807, 2.05) is 36.4 Å². The Hall–Kier alpha value is -1.80.